The van der Waals surface area contributed by atoms with Crippen LogP contribution in [-0.4, -0.2) is 30.9 Å². The van der Waals surface area contributed by atoms with Crippen molar-refractivity contribution in [3.8, 4) is 0 Å². The van der Waals surface area contributed by atoms with E-state index in [1.54, 1.807) is 0 Å². The van der Waals surface area contributed by atoms with Gasteiger partial charge < -0.3 is 16.0 Å². The molecule has 1 fully saturated rings. The third kappa shape index (κ3) is 4.37. The zero-order valence-electron chi connectivity index (χ0n) is 10.8. The van der Waals surface area contributed by atoms with Crippen LogP contribution in [-0.2, 0) is 16.1 Å². The van der Waals surface area contributed by atoms with Gasteiger partial charge in [0.15, 0.2) is 0 Å². The molecule has 1 aliphatic heterocycles. The second-order valence-electron chi connectivity index (χ2n) is 4.63. The summed E-state index contributed by atoms with van der Waals surface area (Å²) < 4.78 is 0. The molecule has 5 heteroatoms. The lowest BCUT2D eigenvalue weighted by molar-refractivity contribution is -0.127. The summed E-state index contributed by atoms with van der Waals surface area (Å²) in [7, 11) is 0. The second kappa shape index (κ2) is 6.89. The molecule has 1 saturated heterocycles. The van der Waals surface area contributed by atoms with Gasteiger partial charge in [-0.05, 0) is 24.9 Å². The van der Waals surface area contributed by atoms with Crippen molar-refractivity contribution < 1.29 is 9.59 Å². The van der Waals surface area contributed by atoms with Crippen molar-refractivity contribution in [2.45, 2.75) is 25.4 Å². The Morgan fingerprint density at radius 1 is 1.21 bits per heavy atom. The van der Waals surface area contributed by atoms with Gasteiger partial charge in [-0.25, -0.2) is 0 Å². The molecule has 1 heterocycles. The SMILES string of the molecule is O=C(CNC(=O)[C@@H]1CCCN1)NCc1ccccc1. The Morgan fingerprint density at radius 2 is 2.00 bits per heavy atom. The molecular weight excluding hydrogens is 242 g/mol. The summed E-state index contributed by atoms with van der Waals surface area (Å²) in [6.45, 7) is 1.39. The van der Waals surface area contributed by atoms with E-state index >= 15 is 0 Å². The van der Waals surface area contributed by atoms with Crippen LogP contribution in [0.15, 0.2) is 30.3 Å². The maximum Gasteiger partial charge on any atom is 0.239 e. The minimum atomic E-state index is -0.171. The van der Waals surface area contributed by atoms with Crippen LogP contribution in [0.1, 0.15) is 18.4 Å². The maximum atomic E-state index is 11.7. The lowest BCUT2D eigenvalue weighted by Crippen LogP contribution is -2.44. The summed E-state index contributed by atoms with van der Waals surface area (Å²) >= 11 is 0. The summed E-state index contributed by atoms with van der Waals surface area (Å²) in [6, 6.07) is 9.54. The first-order valence-electron chi connectivity index (χ1n) is 6.57. The molecule has 1 aromatic rings. The van der Waals surface area contributed by atoms with E-state index in [9.17, 15) is 9.59 Å². The molecule has 0 aliphatic carbocycles. The average Bonchev–Trinajstić information content (AvgIpc) is 2.98. The lowest BCUT2D eigenvalue weighted by atomic mass is 10.2. The van der Waals surface area contributed by atoms with Gasteiger partial charge in [0.25, 0.3) is 0 Å². The van der Waals surface area contributed by atoms with E-state index in [0.29, 0.717) is 6.54 Å². The van der Waals surface area contributed by atoms with E-state index in [4.69, 9.17) is 0 Å². The Morgan fingerprint density at radius 3 is 2.68 bits per heavy atom. The molecule has 1 aliphatic rings. The molecular formula is C14H19N3O2. The number of hydrogen-bond donors (Lipinski definition) is 3. The topological polar surface area (TPSA) is 70.2 Å². The highest BCUT2D eigenvalue weighted by atomic mass is 16.2. The Labute approximate surface area is 112 Å². The molecule has 3 N–H and O–H groups in total. The van der Waals surface area contributed by atoms with Crippen LogP contribution in [0, 0.1) is 0 Å². The molecule has 0 bridgehead atoms. The number of benzene rings is 1. The second-order valence-corrected chi connectivity index (χ2v) is 4.63. The quantitative estimate of drug-likeness (QED) is 0.707. The number of amides is 2. The Balaban J connectivity index is 1.65. The summed E-state index contributed by atoms with van der Waals surface area (Å²) in [5.74, 6) is -0.262. The van der Waals surface area contributed by atoms with Crippen molar-refractivity contribution in [2.24, 2.45) is 0 Å². The molecule has 2 amide bonds. The van der Waals surface area contributed by atoms with Gasteiger partial charge in [0.1, 0.15) is 0 Å². The molecule has 5 nitrogen and oxygen atoms in total. The lowest BCUT2D eigenvalue weighted by Gasteiger charge is -2.11. The summed E-state index contributed by atoms with van der Waals surface area (Å²) in [6.07, 6.45) is 1.86. The molecule has 2 rings (SSSR count). The molecule has 0 unspecified atom stereocenters. The van der Waals surface area contributed by atoms with Gasteiger partial charge >= 0.3 is 0 Å². The minimum absolute atomic E-state index is 0.0316. The predicted octanol–water partition coefficient (Wildman–Crippen LogP) is 0.171. The van der Waals surface area contributed by atoms with Gasteiger partial charge in [-0.2, -0.15) is 0 Å². The largest absolute Gasteiger partial charge is 0.350 e. The number of carbonyl (C=O) groups is 2. The number of rotatable bonds is 5. The number of nitrogens with one attached hydrogen (secondary N) is 3. The monoisotopic (exact) mass is 261 g/mol. The van der Waals surface area contributed by atoms with E-state index in [2.05, 4.69) is 16.0 Å². The van der Waals surface area contributed by atoms with E-state index in [-0.39, 0.29) is 24.4 Å². The van der Waals surface area contributed by atoms with Crippen molar-refractivity contribution in [3.05, 3.63) is 35.9 Å². The van der Waals surface area contributed by atoms with Crippen LogP contribution in [0.5, 0.6) is 0 Å². The zero-order valence-corrected chi connectivity index (χ0v) is 10.8. The smallest absolute Gasteiger partial charge is 0.239 e. The standard InChI is InChI=1S/C14H19N3O2/c18-13(16-9-11-5-2-1-3-6-11)10-17-14(19)12-7-4-8-15-12/h1-3,5-6,12,15H,4,7-10H2,(H,16,18)(H,17,19)/t12-/m0/s1. The number of hydrogen-bond acceptors (Lipinski definition) is 3. The van der Waals surface area contributed by atoms with Crippen LogP contribution < -0.4 is 16.0 Å². The Kier molecular flexibility index (Phi) is 4.92. The van der Waals surface area contributed by atoms with Crippen molar-refractivity contribution >= 4 is 11.8 Å². The third-order valence-electron chi connectivity index (χ3n) is 3.13. The molecule has 1 aromatic carbocycles. The van der Waals surface area contributed by atoms with Gasteiger partial charge in [-0.15, -0.1) is 0 Å². The van der Waals surface area contributed by atoms with Crippen molar-refractivity contribution in [2.75, 3.05) is 13.1 Å². The van der Waals surface area contributed by atoms with Crippen LogP contribution >= 0.6 is 0 Å². The fourth-order valence-electron chi connectivity index (χ4n) is 2.06. The van der Waals surface area contributed by atoms with Crippen LogP contribution in [0.25, 0.3) is 0 Å². The van der Waals surface area contributed by atoms with Crippen LogP contribution in [0.3, 0.4) is 0 Å². The van der Waals surface area contributed by atoms with Gasteiger partial charge in [0.2, 0.25) is 11.8 Å². The van der Waals surface area contributed by atoms with Crippen molar-refractivity contribution in [1.29, 1.82) is 0 Å². The summed E-state index contributed by atoms with van der Waals surface area (Å²) in [5, 5.41) is 8.51. The van der Waals surface area contributed by atoms with Crippen molar-refractivity contribution in [1.82, 2.24) is 16.0 Å². The molecule has 0 aromatic heterocycles. The summed E-state index contributed by atoms with van der Waals surface area (Å²) in [5.41, 5.74) is 1.04. The first-order valence-corrected chi connectivity index (χ1v) is 6.57. The highest BCUT2D eigenvalue weighted by molar-refractivity contribution is 5.87. The van der Waals surface area contributed by atoms with Crippen molar-refractivity contribution in [3.63, 3.8) is 0 Å². The molecule has 0 radical (unpaired) electrons. The van der Waals surface area contributed by atoms with E-state index < -0.39 is 0 Å². The molecule has 0 spiro atoms. The van der Waals surface area contributed by atoms with Gasteiger partial charge in [-0.3, -0.25) is 9.59 Å². The average molecular weight is 261 g/mol. The van der Waals surface area contributed by atoms with Gasteiger partial charge in [-0.1, -0.05) is 30.3 Å². The summed E-state index contributed by atoms with van der Waals surface area (Å²) in [4.78, 5) is 23.3. The number of carbonyl (C=O) groups excluding carboxylic acids is 2. The fraction of sp³-hybridized carbons (Fsp3) is 0.429. The Hall–Kier alpha value is -1.88. The fourth-order valence-corrected chi connectivity index (χ4v) is 2.06. The maximum absolute atomic E-state index is 11.7. The van der Waals surface area contributed by atoms with Gasteiger partial charge in [0.05, 0.1) is 12.6 Å². The third-order valence-corrected chi connectivity index (χ3v) is 3.13. The van der Waals surface area contributed by atoms with E-state index in [1.165, 1.54) is 0 Å². The minimum Gasteiger partial charge on any atom is -0.350 e. The molecule has 0 saturated carbocycles. The first-order chi connectivity index (χ1) is 9.25. The van der Waals surface area contributed by atoms with Crippen LogP contribution in [0.4, 0.5) is 0 Å². The molecule has 102 valence electrons. The highest BCUT2D eigenvalue weighted by Gasteiger charge is 2.21. The molecule has 19 heavy (non-hydrogen) atoms. The van der Waals surface area contributed by atoms with Gasteiger partial charge in [0, 0.05) is 6.54 Å². The van der Waals surface area contributed by atoms with Crippen LogP contribution in [0.2, 0.25) is 0 Å². The first kappa shape index (κ1) is 13.5. The predicted molar refractivity (Wildman–Crippen MR) is 72.3 cm³/mol. The highest BCUT2D eigenvalue weighted by Crippen LogP contribution is 2.04. The Bertz CT molecular complexity index is 428. The normalized spacial score (nSPS) is 18.0. The zero-order chi connectivity index (χ0) is 13.5. The van der Waals surface area contributed by atoms with E-state index in [0.717, 1.165) is 24.9 Å². The van der Waals surface area contributed by atoms with E-state index in [1.807, 2.05) is 30.3 Å². The molecule has 1 atom stereocenters.